The normalized spacial score (nSPS) is 17.4. The Kier molecular flexibility index (Phi) is 9.11. The van der Waals surface area contributed by atoms with Gasteiger partial charge in [0.2, 0.25) is 5.91 Å². The number of carboxylic acid groups (broad SMARTS) is 1. The molecule has 0 bridgehead atoms. The summed E-state index contributed by atoms with van der Waals surface area (Å²) in [5.41, 5.74) is 0. The molecule has 1 saturated carbocycles. The molecule has 0 aromatic heterocycles. The van der Waals surface area contributed by atoms with Gasteiger partial charge in [0.05, 0.1) is 0 Å². The molecule has 0 aromatic rings. The molecule has 0 spiro atoms. The molecule has 0 radical (unpaired) electrons. The van der Waals surface area contributed by atoms with Gasteiger partial charge in [-0.15, -0.1) is 0 Å². The van der Waals surface area contributed by atoms with Gasteiger partial charge in [-0.1, -0.05) is 58.3 Å². The van der Waals surface area contributed by atoms with Crippen molar-refractivity contribution < 1.29 is 14.7 Å². The zero-order chi connectivity index (χ0) is 15.5. The maximum Gasteiger partial charge on any atom is 0.326 e. The monoisotopic (exact) mass is 297 g/mol. The Balaban J connectivity index is 2.24. The van der Waals surface area contributed by atoms with Crippen molar-refractivity contribution in [2.75, 3.05) is 0 Å². The van der Waals surface area contributed by atoms with E-state index in [4.69, 9.17) is 0 Å². The first-order chi connectivity index (χ1) is 10.1. The highest BCUT2D eigenvalue weighted by molar-refractivity contribution is 5.83. The number of unbranched alkanes of at least 4 members (excludes halogenated alkanes) is 5. The number of rotatable bonds is 10. The summed E-state index contributed by atoms with van der Waals surface area (Å²) in [5, 5.41) is 12.1. The first-order valence-corrected chi connectivity index (χ1v) is 8.67. The van der Waals surface area contributed by atoms with E-state index in [9.17, 15) is 14.7 Å². The number of carboxylic acids is 1. The fourth-order valence-corrected chi connectivity index (χ4v) is 3.16. The van der Waals surface area contributed by atoms with Gasteiger partial charge < -0.3 is 10.4 Å². The maximum atomic E-state index is 11.9. The fraction of sp³-hybridized carbons (Fsp3) is 0.882. The highest BCUT2D eigenvalue weighted by Gasteiger charge is 2.30. The van der Waals surface area contributed by atoms with Crippen LogP contribution in [0.15, 0.2) is 0 Å². The summed E-state index contributed by atoms with van der Waals surface area (Å²) in [5.74, 6) is -0.855. The van der Waals surface area contributed by atoms with Crippen molar-refractivity contribution in [2.45, 2.75) is 90.0 Å². The predicted molar refractivity (Wildman–Crippen MR) is 84.1 cm³/mol. The van der Waals surface area contributed by atoms with Crippen LogP contribution < -0.4 is 5.32 Å². The largest absolute Gasteiger partial charge is 0.480 e. The van der Waals surface area contributed by atoms with Gasteiger partial charge >= 0.3 is 5.97 Å². The second kappa shape index (κ2) is 10.6. The van der Waals surface area contributed by atoms with E-state index in [0.717, 1.165) is 38.5 Å². The molecule has 0 heterocycles. The van der Waals surface area contributed by atoms with Gasteiger partial charge in [-0.05, 0) is 25.2 Å². The Bertz CT molecular complexity index is 311. The highest BCUT2D eigenvalue weighted by atomic mass is 16.4. The summed E-state index contributed by atoms with van der Waals surface area (Å²) >= 11 is 0. The van der Waals surface area contributed by atoms with Crippen LogP contribution in [0.2, 0.25) is 0 Å². The molecule has 1 rings (SSSR count). The van der Waals surface area contributed by atoms with E-state index in [1.165, 1.54) is 32.1 Å². The van der Waals surface area contributed by atoms with Crippen LogP contribution in [0.5, 0.6) is 0 Å². The van der Waals surface area contributed by atoms with Crippen LogP contribution >= 0.6 is 0 Å². The Morgan fingerprint density at radius 2 is 1.67 bits per heavy atom. The van der Waals surface area contributed by atoms with Crippen molar-refractivity contribution >= 4 is 11.9 Å². The second-order valence-corrected chi connectivity index (χ2v) is 6.30. The molecule has 0 aromatic carbocycles. The smallest absolute Gasteiger partial charge is 0.326 e. The van der Waals surface area contributed by atoms with Gasteiger partial charge in [-0.3, -0.25) is 4.79 Å². The molecule has 1 aliphatic rings. The van der Waals surface area contributed by atoms with Crippen molar-refractivity contribution in [1.82, 2.24) is 5.32 Å². The molecule has 4 heteroatoms. The lowest BCUT2D eigenvalue weighted by Gasteiger charge is -2.28. The third kappa shape index (κ3) is 7.49. The SMILES string of the molecule is CCCCCCCCC(=O)NC(C(=O)O)C1CCCCC1. The summed E-state index contributed by atoms with van der Waals surface area (Å²) in [6.45, 7) is 2.19. The first kappa shape index (κ1) is 18.0. The Morgan fingerprint density at radius 3 is 2.29 bits per heavy atom. The Morgan fingerprint density at radius 1 is 1.05 bits per heavy atom. The zero-order valence-corrected chi connectivity index (χ0v) is 13.4. The summed E-state index contributed by atoms with van der Waals surface area (Å²) in [6, 6.07) is -0.683. The summed E-state index contributed by atoms with van der Waals surface area (Å²) in [7, 11) is 0. The predicted octanol–water partition coefficient (Wildman–Crippen LogP) is 3.89. The lowest BCUT2D eigenvalue weighted by molar-refractivity contribution is -0.143. The second-order valence-electron chi connectivity index (χ2n) is 6.30. The molecule has 1 amide bonds. The Hall–Kier alpha value is -1.06. The van der Waals surface area contributed by atoms with Gasteiger partial charge in [0, 0.05) is 6.42 Å². The van der Waals surface area contributed by atoms with Crippen molar-refractivity contribution in [3.63, 3.8) is 0 Å². The van der Waals surface area contributed by atoms with Crippen LogP contribution in [0, 0.1) is 5.92 Å². The van der Waals surface area contributed by atoms with E-state index in [-0.39, 0.29) is 11.8 Å². The minimum Gasteiger partial charge on any atom is -0.480 e. The number of aliphatic carboxylic acids is 1. The first-order valence-electron chi connectivity index (χ1n) is 8.67. The summed E-state index contributed by atoms with van der Waals surface area (Å²) in [4.78, 5) is 23.3. The third-order valence-corrected chi connectivity index (χ3v) is 4.46. The zero-order valence-electron chi connectivity index (χ0n) is 13.4. The number of nitrogens with one attached hydrogen (secondary N) is 1. The minimum atomic E-state index is -0.877. The number of amides is 1. The van der Waals surface area contributed by atoms with E-state index in [1.54, 1.807) is 0 Å². The molecular weight excluding hydrogens is 266 g/mol. The lowest BCUT2D eigenvalue weighted by Crippen LogP contribution is -2.46. The molecule has 21 heavy (non-hydrogen) atoms. The summed E-state index contributed by atoms with van der Waals surface area (Å²) < 4.78 is 0. The quantitative estimate of drug-likeness (QED) is 0.601. The van der Waals surface area contributed by atoms with Crippen LogP contribution in [0.25, 0.3) is 0 Å². The van der Waals surface area contributed by atoms with Crippen molar-refractivity contribution in [3.8, 4) is 0 Å². The van der Waals surface area contributed by atoms with E-state index in [1.807, 2.05) is 0 Å². The average molecular weight is 297 g/mol. The number of carbonyl (C=O) groups is 2. The molecule has 122 valence electrons. The molecule has 1 aliphatic carbocycles. The van der Waals surface area contributed by atoms with Crippen LogP contribution in [0.1, 0.15) is 84.0 Å². The van der Waals surface area contributed by atoms with Crippen LogP contribution in [0.4, 0.5) is 0 Å². The number of hydrogen-bond acceptors (Lipinski definition) is 2. The molecular formula is C17H31NO3. The highest BCUT2D eigenvalue weighted by Crippen LogP contribution is 2.26. The average Bonchev–Trinajstić information content (AvgIpc) is 2.49. The third-order valence-electron chi connectivity index (χ3n) is 4.46. The Labute approximate surface area is 128 Å². The van der Waals surface area contributed by atoms with Gasteiger partial charge in [0.15, 0.2) is 0 Å². The minimum absolute atomic E-state index is 0.0940. The number of hydrogen-bond donors (Lipinski definition) is 2. The van der Waals surface area contributed by atoms with Crippen molar-refractivity contribution in [2.24, 2.45) is 5.92 Å². The van der Waals surface area contributed by atoms with Gasteiger partial charge in [0.1, 0.15) is 6.04 Å². The fourth-order valence-electron chi connectivity index (χ4n) is 3.16. The van der Waals surface area contributed by atoms with Gasteiger partial charge in [0.25, 0.3) is 0 Å². The maximum absolute atomic E-state index is 11.9. The summed E-state index contributed by atoms with van der Waals surface area (Å²) in [6.07, 6.45) is 12.5. The standard InChI is InChI=1S/C17H31NO3/c1-2-3-4-5-6-10-13-15(19)18-16(17(20)21)14-11-8-7-9-12-14/h14,16H,2-13H2,1H3,(H,18,19)(H,20,21). The van der Waals surface area contributed by atoms with E-state index in [2.05, 4.69) is 12.2 Å². The van der Waals surface area contributed by atoms with Crippen molar-refractivity contribution in [3.05, 3.63) is 0 Å². The molecule has 1 fully saturated rings. The molecule has 0 saturated heterocycles. The van der Waals surface area contributed by atoms with Crippen LogP contribution in [-0.2, 0) is 9.59 Å². The molecule has 2 N–H and O–H groups in total. The van der Waals surface area contributed by atoms with E-state index in [0.29, 0.717) is 6.42 Å². The van der Waals surface area contributed by atoms with Gasteiger partial charge in [-0.25, -0.2) is 4.79 Å². The molecule has 1 atom stereocenters. The van der Waals surface area contributed by atoms with E-state index >= 15 is 0 Å². The lowest BCUT2D eigenvalue weighted by atomic mass is 9.84. The van der Waals surface area contributed by atoms with Crippen molar-refractivity contribution in [1.29, 1.82) is 0 Å². The molecule has 4 nitrogen and oxygen atoms in total. The van der Waals surface area contributed by atoms with Crippen LogP contribution in [-0.4, -0.2) is 23.0 Å². The topological polar surface area (TPSA) is 66.4 Å². The number of carbonyl (C=O) groups excluding carboxylic acids is 1. The van der Waals surface area contributed by atoms with Crippen LogP contribution in [0.3, 0.4) is 0 Å². The van der Waals surface area contributed by atoms with E-state index < -0.39 is 12.0 Å². The molecule has 0 aliphatic heterocycles. The van der Waals surface area contributed by atoms with Gasteiger partial charge in [-0.2, -0.15) is 0 Å². The molecule has 1 unspecified atom stereocenters.